The Morgan fingerprint density at radius 2 is 1.97 bits per heavy atom. The van der Waals surface area contributed by atoms with Crippen molar-refractivity contribution in [3.63, 3.8) is 0 Å². The lowest BCUT2D eigenvalue weighted by Crippen LogP contribution is -2.48. The van der Waals surface area contributed by atoms with Crippen LogP contribution in [0.1, 0.15) is 43.8 Å². The maximum absolute atomic E-state index is 12.2. The fourth-order valence-corrected chi connectivity index (χ4v) is 4.80. The fraction of sp³-hybridized carbons (Fsp3) is 0.524. The molecule has 1 saturated carbocycles. The SMILES string of the molecule is CS(=O)c1cnc(C2CCN(c3ccc(Cl)cc3)CC2)nc1NC1(CO)CCC1. The van der Waals surface area contributed by atoms with Gasteiger partial charge < -0.3 is 15.3 Å². The van der Waals surface area contributed by atoms with Gasteiger partial charge in [0.25, 0.3) is 0 Å². The zero-order chi connectivity index (χ0) is 20.4. The van der Waals surface area contributed by atoms with E-state index in [9.17, 15) is 9.32 Å². The second kappa shape index (κ2) is 8.58. The lowest BCUT2D eigenvalue weighted by atomic mass is 9.77. The maximum atomic E-state index is 12.2. The van der Waals surface area contributed by atoms with Crippen molar-refractivity contribution >= 4 is 33.9 Å². The first-order chi connectivity index (χ1) is 14.0. The van der Waals surface area contributed by atoms with Gasteiger partial charge in [0, 0.05) is 42.2 Å². The van der Waals surface area contributed by atoms with Crippen molar-refractivity contribution in [2.24, 2.45) is 0 Å². The van der Waals surface area contributed by atoms with E-state index < -0.39 is 10.8 Å². The Kier molecular flexibility index (Phi) is 6.08. The number of benzene rings is 1. The standard InChI is InChI=1S/C21H27ClN4O2S/c1-29(28)18-13-23-19(24-20(18)25-21(14-27)9-2-10-21)15-7-11-26(12-8-15)17-5-3-16(22)4-6-17/h3-6,13,15,27H,2,7-12,14H2,1H3,(H,23,24,25). The molecule has 1 aromatic heterocycles. The predicted octanol–water partition coefficient (Wildman–Crippen LogP) is 3.58. The van der Waals surface area contributed by atoms with E-state index in [1.807, 2.05) is 12.1 Å². The summed E-state index contributed by atoms with van der Waals surface area (Å²) < 4.78 is 12.2. The summed E-state index contributed by atoms with van der Waals surface area (Å²) in [7, 11) is -1.19. The van der Waals surface area contributed by atoms with Crippen molar-refractivity contribution < 1.29 is 9.32 Å². The Labute approximate surface area is 179 Å². The Morgan fingerprint density at radius 1 is 1.28 bits per heavy atom. The third kappa shape index (κ3) is 4.42. The van der Waals surface area contributed by atoms with Crippen LogP contribution in [0.2, 0.25) is 5.02 Å². The third-order valence-corrected chi connectivity index (χ3v) is 7.30. The molecule has 2 aromatic rings. The van der Waals surface area contributed by atoms with Crippen LogP contribution in [0.4, 0.5) is 11.5 Å². The van der Waals surface area contributed by atoms with Crippen molar-refractivity contribution in [2.45, 2.75) is 48.5 Å². The van der Waals surface area contributed by atoms with Crippen LogP contribution in [0.25, 0.3) is 0 Å². The lowest BCUT2D eigenvalue weighted by molar-refractivity contribution is 0.143. The molecule has 2 fully saturated rings. The molecule has 4 rings (SSSR count). The number of rotatable bonds is 6. The first-order valence-corrected chi connectivity index (χ1v) is 12.0. The zero-order valence-corrected chi connectivity index (χ0v) is 18.2. The predicted molar refractivity (Wildman–Crippen MR) is 117 cm³/mol. The van der Waals surface area contributed by atoms with E-state index in [1.165, 1.54) is 5.69 Å². The van der Waals surface area contributed by atoms with Gasteiger partial charge in [-0.3, -0.25) is 4.21 Å². The third-order valence-electron chi connectivity index (χ3n) is 6.13. The molecule has 1 aliphatic carbocycles. The van der Waals surface area contributed by atoms with Crippen LogP contribution in [-0.4, -0.2) is 50.8 Å². The van der Waals surface area contributed by atoms with Gasteiger partial charge in [0.1, 0.15) is 11.6 Å². The zero-order valence-electron chi connectivity index (χ0n) is 16.6. The molecule has 6 nitrogen and oxygen atoms in total. The van der Waals surface area contributed by atoms with Crippen LogP contribution < -0.4 is 10.2 Å². The average molecular weight is 435 g/mol. The lowest BCUT2D eigenvalue weighted by Gasteiger charge is -2.41. The van der Waals surface area contributed by atoms with E-state index in [-0.39, 0.29) is 18.1 Å². The molecule has 1 unspecified atom stereocenters. The molecule has 156 valence electrons. The van der Waals surface area contributed by atoms with E-state index in [0.717, 1.165) is 56.0 Å². The van der Waals surface area contributed by atoms with Gasteiger partial charge >= 0.3 is 0 Å². The number of nitrogens with one attached hydrogen (secondary N) is 1. The van der Waals surface area contributed by atoms with Gasteiger partial charge in [-0.1, -0.05) is 11.6 Å². The highest BCUT2D eigenvalue weighted by Gasteiger charge is 2.37. The molecule has 1 aromatic carbocycles. The number of hydrogen-bond donors (Lipinski definition) is 2. The molecule has 2 heterocycles. The molecule has 8 heteroatoms. The van der Waals surface area contributed by atoms with Crippen LogP contribution in [0.3, 0.4) is 0 Å². The number of aliphatic hydroxyl groups excluding tert-OH is 1. The maximum Gasteiger partial charge on any atom is 0.146 e. The number of hydrogen-bond acceptors (Lipinski definition) is 6. The second-order valence-electron chi connectivity index (χ2n) is 8.05. The van der Waals surface area contributed by atoms with Gasteiger partial charge in [-0.2, -0.15) is 0 Å². The van der Waals surface area contributed by atoms with Crippen molar-refractivity contribution in [3.05, 3.63) is 41.3 Å². The van der Waals surface area contributed by atoms with Gasteiger partial charge in [-0.25, -0.2) is 9.97 Å². The van der Waals surface area contributed by atoms with Crippen LogP contribution >= 0.6 is 11.6 Å². The molecule has 0 bridgehead atoms. The molecule has 0 spiro atoms. The highest BCUT2D eigenvalue weighted by Crippen LogP contribution is 2.36. The minimum atomic E-state index is -1.19. The molecule has 29 heavy (non-hydrogen) atoms. The first-order valence-electron chi connectivity index (χ1n) is 10.1. The summed E-state index contributed by atoms with van der Waals surface area (Å²) >= 11 is 6.00. The van der Waals surface area contributed by atoms with Gasteiger partial charge in [0.05, 0.1) is 27.8 Å². The summed E-state index contributed by atoms with van der Waals surface area (Å²) in [5, 5.41) is 13.9. The Bertz CT molecular complexity index is 875. The minimum Gasteiger partial charge on any atom is -0.394 e. The molecule has 0 radical (unpaired) electrons. The fourth-order valence-electron chi connectivity index (χ4n) is 4.11. The molecule has 1 atom stereocenters. The summed E-state index contributed by atoms with van der Waals surface area (Å²) in [4.78, 5) is 12.3. The summed E-state index contributed by atoms with van der Waals surface area (Å²) in [6, 6.07) is 7.95. The monoisotopic (exact) mass is 434 g/mol. The van der Waals surface area contributed by atoms with Gasteiger partial charge in [-0.15, -0.1) is 0 Å². The van der Waals surface area contributed by atoms with Gasteiger partial charge in [0.15, 0.2) is 0 Å². The number of aromatic nitrogens is 2. The number of nitrogens with zero attached hydrogens (tertiary/aromatic N) is 3. The number of piperidine rings is 1. The summed E-state index contributed by atoms with van der Waals surface area (Å²) in [5.74, 6) is 1.68. The summed E-state index contributed by atoms with van der Waals surface area (Å²) in [6.07, 6.45) is 8.13. The van der Waals surface area contributed by atoms with E-state index >= 15 is 0 Å². The largest absolute Gasteiger partial charge is 0.394 e. The normalized spacial score (nSPS) is 20.2. The van der Waals surface area contributed by atoms with E-state index in [2.05, 4.69) is 27.3 Å². The highest BCUT2D eigenvalue weighted by molar-refractivity contribution is 7.84. The van der Waals surface area contributed by atoms with Gasteiger partial charge in [0.2, 0.25) is 0 Å². The Balaban J connectivity index is 1.49. The smallest absolute Gasteiger partial charge is 0.146 e. The molecule has 1 aliphatic heterocycles. The van der Waals surface area contributed by atoms with Crippen LogP contribution in [0.5, 0.6) is 0 Å². The Morgan fingerprint density at radius 3 is 2.52 bits per heavy atom. The van der Waals surface area contributed by atoms with Gasteiger partial charge in [-0.05, 0) is 56.4 Å². The minimum absolute atomic E-state index is 0.0571. The second-order valence-corrected chi connectivity index (χ2v) is 9.83. The molecule has 0 amide bonds. The van der Waals surface area contributed by atoms with Crippen molar-refractivity contribution in [2.75, 3.05) is 36.2 Å². The Hall–Kier alpha value is -1.70. The number of aliphatic hydroxyl groups is 1. The average Bonchev–Trinajstić information content (AvgIpc) is 2.71. The molecule has 1 saturated heterocycles. The highest BCUT2D eigenvalue weighted by atomic mass is 35.5. The van der Waals surface area contributed by atoms with Crippen molar-refractivity contribution in [3.8, 4) is 0 Å². The summed E-state index contributed by atoms with van der Waals surface area (Å²) in [6.45, 7) is 1.92. The summed E-state index contributed by atoms with van der Waals surface area (Å²) in [5.41, 5.74) is 0.847. The number of anilines is 2. The quantitative estimate of drug-likeness (QED) is 0.723. The van der Waals surface area contributed by atoms with E-state index in [1.54, 1.807) is 12.5 Å². The van der Waals surface area contributed by atoms with Crippen LogP contribution in [0, 0.1) is 0 Å². The van der Waals surface area contributed by atoms with Crippen LogP contribution in [0.15, 0.2) is 35.4 Å². The van der Waals surface area contributed by atoms with E-state index in [4.69, 9.17) is 16.6 Å². The van der Waals surface area contributed by atoms with Crippen molar-refractivity contribution in [1.82, 2.24) is 9.97 Å². The molecular weight excluding hydrogens is 408 g/mol. The topological polar surface area (TPSA) is 78.4 Å². The van der Waals surface area contributed by atoms with E-state index in [0.29, 0.717) is 10.7 Å². The molecular formula is C21H27ClN4O2S. The molecule has 2 aliphatic rings. The van der Waals surface area contributed by atoms with Crippen molar-refractivity contribution in [1.29, 1.82) is 0 Å². The first kappa shape index (κ1) is 20.6. The van der Waals surface area contributed by atoms with Crippen LogP contribution in [-0.2, 0) is 10.8 Å². The number of halogens is 1. The molecule has 2 N–H and O–H groups in total.